The summed E-state index contributed by atoms with van der Waals surface area (Å²) in [7, 11) is 0. The molecular formula is C20H22FN5OS. The van der Waals surface area contributed by atoms with Gasteiger partial charge in [-0.2, -0.15) is 4.37 Å². The Morgan fingerprint density at radius 2 is 1.96 bits per heavy atom. The predicted octanol–water partition coefficient (Wildman–Crippen LogP) is 3.49. The average Bonchev–Trinajstić information content (AvgIpc) is 3.42. The molecule has 2 fully saturated rings. The average molecular weight is 399 g/mol. The molecular weight excluding hydrogens is 377 g/mol. The lowest BCUT2D eigenvalue weighted by Crippen LogP contribution is -2.37. The van der Waals surface area contributed by atoms with Crippen LogP contribution in [0.3, 0.4) is 0 Å². The van der Waals surface area contributed by atoms with Gasteiger partial charge < -0.3 is 4.90 Å². The SMILES string of the molecule is Cc1nc2cc(F)ccc2c(=O)n1CC1CCN(c2nc(C3CC3)ns2)CC1. The number of benzene rings is 1. The standard InChI is InChI=1S/C20H22FN5OS/c1-12-22-17-10-15(21)4-5-16(17)19(27)26(12)11-13-6-8-25(9-7-13)20-23-18(24-28-20)14-2-3-14/h4-5,10,13-14H,2-3,6-9,11H2,1H3. The second-order valence-electron chi connectivity index (χ2n) is 7.88. The molecule has 0 unspecified atom stereocenters. The number of anilines is 1. The van der Waals surface area contributed by atoms with Crippen molar-refractivity contribution in [1.82, 2.24) is 18.9 Å². The quantitative estimate of drug-likeness (QED) is 0.672. The lowest BCUT2D eigenvalue weighted by molar-refractivity contribution is 0.348. The van der Waals surface area contributed by atoms with E-state index < -0.39 is 0 Å². The Morgan fingerprint density at radius 3 is 2.71 bits per heavy atom. The number of nitrogens with zero attached hydrogens (tertiary/aromatic N) is 5. The molecule has 0 N–H and O–H groups in total. The largest absolute Gasteiger partial charge is 0.347 e. The third-order valence-electron chi connectivity index (χ3n) is 5.81. The lowest BCUT2D eigenvalue weighted by Gasteiger charge is -2.32. The Hall–Kier alpha value is -2.35. The summed E-state index contributed by atoms with van der Waals surface area (Å²) in [5.74, 6) is 2.30. The molecule has 0 amide bonds. The maximum Gasteiger partial charge on any atom is 0.261 e. The summed E-state index contributed by atoms with van der Waals surface area (Å²) in [6, 6.07) is 4.18. The van der Waals surface area contributed by atoms with Crippen molar-refractivity contribution in [2.24, 2.45) is 5.92 Å². The fourth-order valence-corrected chi connectivity index (χ4v) is 4.74. The van der Waals surface area contributed by atoms with Gasteiger partial charge in [0.15, 0.2) is 0 Å². The Bertz CT molecular complexity index is 1080. The highest BCUT2D eigenvalue weighted by Gasteiger charge is 2.29. The van der Waals surface area contributed by atoms with Crippen molar-refractivity contribution >= 4 is 27.6 Å². The number of piperidine rings is 1. The molecule has 1 saturated heterocycles. The van der Waals surface area contributed by atoms with Crippen LogP contribution >= 0.6 is 11.5 Å². The van der Waals surface area contributed by atoms with Crippen LogP contribution in [0.4, 0.5) is 9.52 Å². The minimum Gasteiger partial charge on any atom is -0.347 e. The normalized spacial score (nSPS) is 18.1. The zero-order valence-corrected chi connectivity index (χ0v) is 16.6. The molecule has 1 aliphatic carbocycles. The molecule has 146 valence electrons. The summed E-state index contributed by atoms with van der Waals surface area (Å²) in [6.45, 7) is 4.34. The lowest BCUT2D eigenvalue weighted by atomic mass is 9.97. The Kier molecular flexibility index (Phi) is 4.38. The van der Waals surface area contributed by atoms with Crippen molar-refractivity contribution < 1.29 is 4.39 Å². The number of hydrogen-bond acceptors (Lipinski definition) is 6. The van der Waals surface area contributed by atoms with E-state index in [1.807, 2.05) is 6.92 Å². The van der Waals surface area contributed by atoms with Crippen LogP contribution in [0.15, 0.2) is 23.0 Å². The van der Waals surface area contributed by atoms with E-state index in [1.54, 1.807) is 4.57 Å². The van der Waals surface area contributed by atoms with Crippen LogP contribution in [-0.4, -0.2) is 32.0 Å². The molecule has 5 rings (SSSR count). The van der Waals surface area contributed by atoms with Crippen LogP contribution in [0.2, 0.25) is 0 Å². The van der Waals surface area contributed by atoms with Gasteiger partial charge in [-0.25, -0.2) is 14.4 Å². The molecule has 3 heterocycles. The topological polar surface area (TPSA) is 63.9 Å². The second kappa shape index (κ2) is 6.92. The monoisotopic (exact) mass is 399 g/mol. The van der Waals surface area contributed by atoms with Crippen molar-refractivity contribution in [2.45, 2.75) is 45.1 Å². The Balaban J connectivity index is 1.29. The summed E-state index contributed by atoms with van der Waals surface area (Å²) in [4.78, 5) is 24.3. The van der Waals surface area contributed by atoms with E-state index in [4.69, 9.17) is 4.98 Å². The van der Waals surface area contributed by atoms with Crippen LogP contribution < -0.4 is 10.5 Å². The molecule has 2 aromatic heterocycles. The number of hydrogen-bond donors (Lipinski definition) is 0. The summed E-state index contributed by atoms with van der Waals surface area (Å²) in [5, 5.41) is 1.51. The van der Waals surface area contributed by atoms with E-state index in [-0.39, 0.29) is 11.4 Å². The molecule has 0 spiro atoms. The van der Waals surface area contributed by atoms with E-state index in [0.717, 1.165) is 36.9 Å². The minimum absolute atomic E-state index is 0.0804. The Morgan fingerprint density at radius 1 is 1.18 bits per heavy atom. The fourth-order valence-electron chi connectivity index (χ4n) is 3.95. The van der Waals surface area contributed by atoms with Gasteiger partial charge >= 0.3 is 0 Å². The van der Waals surface area contributed by atoms with Gasteiger partial charge in [0.1, 0.15) is 17.5 Å². The van der Waals surface area contributed by atoms with E-state index in [0.29, 0.717) is 35.1 Å². The molecule has 2 aliphatic rings. The van der Waals surface area contributed by atoms with Crippen LogP contribution in [-0.2, 0) is 6.54 Å². The maximum absolute atomic E-state index is 13.4. The van der Waals surface area contributed by atoms with Crippen molar-refractivity contribution in [3.63, 3.8) is 0 Å². The number of rotatable bonds is 4. The number of halogens is 1. The first-order chi connectivity index (χ1) is 13.6. The zero-order valence-electron chi connectivity index (χ0n) is 15.8. The van der Waals surface area contributed by atoms with Crippen molar-refractivity contribution in [2.75, 3.05) is 18.0 Å². The summed E-state index contributed by atoms with van der Waals surface area (Å²) >= 11 is 1.51. The number of aryl methyl sites for hydroxylation is 1. The number of fused-ring (bicyclic) bond motifs is 1. The van der Waals surface area contributed by atoms with E-state index in [1.165, 1.54) is 42.6 Å². The van der Waals surface area contributed by atoms with Crippen molar-refractivity contribution in [3.05, 3.63) is 46.0 Å². The molecule has 0 bridgehead atoms. The highest BCUT2D eigenvalue weighted by atomic mass is 32.1. The maximum atomic E-state index is 13.4. The van der Waals surface area contributed by atoms with E-state index >= 15 is 0 Å². The van der Waals surface area contributed by atoms with Crippen LogP contribution in [0.25, 0.3) is 10.9 Å². The van der Waals surface area contributed by atoms with Gasteiger partial charge in [0.25, 0.3) is 5.56 Å². The minimum atomic E-state index is -0.370. The molecule has 1 aromatic carbocycles. The van der Waals surface area contributed by atoms with Crippen LogP contribution in [0.5, 0.6) is 0 Å². The van der Waals surface area contributed by atoms with Gasteiger partial charge in [-0.05, 0) is 50.7 Å². The molecule has 0 atom stereocenters. The van der Waals surface area contributed by atoms with Gasteiger partial charge in [0.05, 0.1) is 10.9 Å². The first-order valence-electron chi connectivity index (χ1n) is 9.84. The molecule has 3 aromatic rings. The van der Waals surface area contributed by atoms with Crippen molar-refractivity contribution in [1.29, 1.82) is 0 Å². The second-order valence-corrected chi connectivity index (χ2v) is 8.61. The molecule has 28 heavy (non-hydrogen) atoms. The third kappa shape index (κ3) is 3.30. The highest BCUT2D eigenvalue weighted by molar-refractivity contribution is 7.09. The van der Waals surface area contributed by atoms with E-state index in [2.05, 4.69) is 14.3 Å². The third-order valence-corrected chi connectivity index (χ3v) is 6.60. The number of aromatic nitrogens is 4. The molecule has 1 aliphatic heterocycles. The summed E-state index contributed by atoms with van der Waals surface area (Å²) < 4.78 is 19.7. The molecule has 1 saturated carbocycles. The van der Waals surface area contributed by atoms with Gasteiger partial charge in [0.2, 0.25) is 5.13 Å². The van der Waals surface area contributed by atoms with Gasteiger partial charge in [0, 0.05) is 43.2 Å². The van der Waals surface area contributed by atoms with Gasteiger partial charge in [-0.3, -0.25) is 9.36 Å². The van der Waals surface area contributed by atoms with Crippen LogP contribution in [0.1, 0.15) is 43.3 Å². The smallest absolute Gasteiger partial charge is 0.261 e. The van der Waals surface area contributed by atoms with Crippen molar-refractivity contribution in [3.8, 4) is 0 Å². The summed E-state index contributed by atoms with van der Waals surface area (Å²) in [5.41, 5.74) is 0.347. The van der Waals surface area contributed by atoms with E-state index in [9.17, 15) is 9.18 Å². The molecule has 8 heteroatoms. The molecule has 6 nitrogen and oxygen atoms in total. The molecule has 0 radical (unpaired) electrons. The van der Waals surface area contributed by atoms with Gasteiger partial charge in [-0.1, -0.05) is 0 Å². The first-order valence-corrected chi connectivity index (χ1v) is 10.6. The fraction of sp³-hybridized carbons (Fsp3) is 0.500. The highest BCUT2D eigenvalue weighted by Crippen LogP contribution is 2.40. The Labute approximate surface area is 166 Å². The zero-order chi connectivity index (χ0) is 19.3. The van der Waals surface area contributed by atoms with Gasteiger partial charge in [-0.15, -0.1) is 0 Å². The summed E-state index contributed by atoms with van der Waals surface area (Å²) in [6.07, 6.45) is 4.45. The van der Waals surface area contributed by atoms with Crippen LogP contribution in [0, 0.1) is 18.7 Å². The predicted molar refractivity (Wildman–Crippen MR) is 108 cm³/mol. The first kappa shape index (κ1) is 17.7.